The molecule has 17 heavy (non-hydrogen) atoms. The second kappa shape index (κ2) is 5.69. The highest BCUT2D eigenvalue weighted by atomic mass is 16.5. The number of hydrogen-bond donors (Lipinski definition) is 2. The summed E-state index contributed by atoms with van der Waals surface area (Å²) in [5.41, 5.74) is 6.86. The van der Waals surface area contributed by atoms with Gasteiger partial charge in [-0.25, -0.2) is 9.59 Å². The van der Waals surface area contributed by atoms with E-state index in [-0.39, 0.29) is 6.61 Å². The van der Waals surface area contributed by atoms with Crippen LogP contribution in [0.25, 0.3) is 6.08 Å². The number of carboxylic acids is 1. The molecule has 0 unspecified atom stereocenters. The molecule has 1 aromatic rings. The van der Waals surface area contributed by atoms with Gasteiger partial charge in [-0.15, -0.1) is 0 Å². The molecular weight excluding hydrogens is 222 g/mol. The Bertz CT molecular complexity index is 466. The lowest BCUT2D eigenvalue weighted by atomic mass is 10.1. The van der Waals surface area contributed by atoms with Crippen molar-refractivity contribution in [2.75, 3.05) is 12.3 Å². The summed E-state index contributed by atoms with van der Waals surface area (Å²) in [4.78, 5) is 21.8. The number of esters is 1. The quantitative estimate of drug-likeness (QED) is 0.469. The van der Waals surface area contributed by atoms with E-state index >= 15 is 0 Å². The number of hydrogen-bond acceptors (Lipinski definition) is 4. The molecule has 1 rings (SSSR count). The second-order valence-corrected chi connectivity index (χ2v) is 3.24. The maximum atomic E-state index is 11.4. The van der Waals surface area contributed by atoms with Gasteiger partial charge in [0.15, 0.2) is 0 Å². The Kier molecular flexibility index (Phi) is 4.28. The van der Waals surface area contributed by atoms with Gasteiger partial charge < -0.3 is 15.6 Å². The molecule has 0 radical (unpaired) electrons. The molecule has 0 saturated heterocycles. The fraction of sp³-hybridized carbons (Fsp3) is 0.167. The van der Waals surface area contributed by atoms with Crippen LogP contribution < -0.4 is 5.73 Å². The fourth-order valence-electron chi connectivity index (χ4n) is 1.22. The number of carbonyl (C=O) groups is 2. The number of carbonyl (C=O) groups excluding carboxylic acids is 1. The maximum absolute atomic E-state index is 11.4. The van der Waals surface area contributed by atoms with Crippen LogP contribution >= 0.6 is 0 Å². The number of rotatable bonds is 4. The lowest BCUT2D eigenvalue weighted by molar-refractivity contribution is -0.131. The number of ether oxygens (including phenoxy) is 1. The monoisotopic (exact) mass is 235 g/mol. The molecule has 1 aromatic carbocycles. The smallest absolute Gasteiger partial charge is 0.338 e. The lowest BCUT2D eigenvalue weighted by Gasteiger charge is -2.05. The van der Waals surface area contributed by atoms with E-state index in [1.54, 1.807) is 6.92 Å². The molecule has 0 aliphatic rings. The first-order valence-corrected chi connectivity index (χ1v) is 5.02. The minimum atomic E-state index is -1.08. The molecule has 0 aromatic heterocycles. The molecule has 0 aliphatic heterocycles. The number of nitrogens with two attached hydrogens (primary N) is 1. The number of nitrogen functional groups attached to an aromatic ring is 1. The largest absolute Gasteiger partial charge is 0.478 e. The first-order chi connectivity index (χ1) is 8.04. The van der Waals surface area contributed by atoms with E-state index in [0.29, 0.717) is 16.8 Å². The predicted octanol–water partition coefficient (Wildman–Crippen LogP) is 1.54. The minimum absolute atomic E-state index is 0.281. The van der Waals surface area contributed by atoms with Crippen molar-refractivity contribution in [3.63, 3.8) is 0 Å². The highest BCUT2D eigenvalue weighted by Gasteiger charge is 2.07. The van der Waals surface area contributed by atoms with Gasteiger partial charge in [-0.1, -0.05) is 0 Å². The molecule has 0 atom stereocenters. The Labute approximate surface area is 98.5 Å². The van der Waals surface area contributed by atoms with Gasteiger partial charge >= 0.3 is 11.9 Å². The average Bonchev–Trinajstić information content (AvgIpc) is 2.28. The van der Waals surface area contributed by atoms with E-state index < -0.39 is 11.9 Å². The van der Waals surface area contributed by atoms with Gasteiger partial charge in [0.05, 0.1) is 12.2 Å². The Morgan fingerprint density at radius 3 is 2.76 bits per heavy atom. The van der Waals surface area contributed by atoms with E-state index in [4.69, 9.17) is 15.6 Å². The first-order valence-electron chi connectivity index (χ1n) is 5.02. The van der Waals surface area contributed by atoms with Crippen molar-refractivity contribution in [1.29, 1.82) is 0 Å². The Hall–Kier alpha value is -2.30. The molecular formula is C12H13NO4. The molecule has 0 bridgehead atoms. The van der Waals surface area contributed by atoms with Crippen molar-refractivity contribution in [3.8, 4) is 0 Å². The van der Waals surface area contributed by atoms with E-state index in [2.05, 4.69) is 0 Å². The van der Waals surface area contributed by atoms with Crippen LogP contribution in [-0.4, -0.2) is 23.7 Å². The summed E-state index contributed by atoms with van der Waals surface area (Å²) in [6.07, 6.45) is 2.29. The molecule has 0 amide bonds. The molecule has 0 saturated carbocycles. The summed E-state index contributed by atoms with van der Waals surface area (Å²) in [5.74, 6) is -1.54. The van der Waals surface area contributed by atoms with Gasteiger partial charge in [-0.05, 0) is 36.8 Å². The molecule has 0 aliphatic carbocycles. The first kappa shape index (κ1) is 12.8. The van der Waals surface area contributed by atoms with Crippen LogP contribution in [0.1, 0.15) is 22.8 Å². The number of anilines is 1. The third-order valence-corrected chi connectivity index (χ3v) is 2.00. The molecule has 5 nitrogen and oxygen atoms in total. The molecule has 0 fully saturated rings. The van der Waals surface area contributed by atoms with Crippen molar-refractivity contribution >= 4 is 23.7 Å². The summed E-state index contributed by atoms with van der Waals surface area (Å²) in [5, 5.41) is 8.51. The summed E-state index contributed by atoms with van der Waals surface area (Å²) >= 11 is 0. The standard InChI is InChI=1S/C12H13NO4/c1-2-17-12(16)9-3-5-10(13)8(7-9)4-6-11(14)15/h3-7H,2,13H2,1H3,(H,14,15). The third-order valence-electron chi connectivity index (χ3n) is 2.00. The topological polar surface area (TPSA) is 89.6 Å². The molecule has 90 valence electrons. The molecule has 0 spiro atoms. The second-order valence-electron chi connectivity index (χ2n) is 3.24. The maximum Gasteiger partial charge on any atom is 0.338 e. The van der Waals surface area contributed by atoms with Crippen LogP contribution in [0.2, 0.25) is 0 Å². The summed E-state index contributed by atoms with van der Waals surface area (Å²) in [7, 11) is 0. The Morgan fingerprint density at radius 2 is 2.18 bits per heavy atom. The summed E-state index contributed by atoms with van der Waals surface area (Å²) in [6.45, 7) is 1.99. The van der Waals surface area contributed by atoms with Gasteiger partial charge in [0.1, 0.15) is 0 Å². The van der Waals surface area contributed by atoms with Crippen molar-refractivity contribution < 1.29 is 19.4 Å². The molecule has 5 heteroatoms. The predicted molar refractivity (Wildman–Crippen MR) is 63.5 cm³/mol. The lowest BCUT2D eigenvalue weighted by Crippen LogP contribution is -2.05. The SMILES string of the molecule is CCOC(=O)c1ccc(N)c(C=CC(=O)O)c1. The van der Waals surface area contributed by atoms with Crippen molar-refractivity contribution in [3.05, 3.63) is 35.4 Å². The Balaban J connectivity index is 3.02. The van der Waals surface area contributed by atoms with E-state index in [9.17, 15) is 9.59 Å². The molecule has 3 N–H and O–H groups in total. The van der Waals surface area contributed by atoms with Crippen LogP contribution in [0.15, 0.2) is 24.3 Å². The highest BCUT2D eigenvalue weighted by molar-refractivity contribution is 5.92. The third kappa shape index (κ3) is 3.64. The number of benzene rings is 1. The van der Waals surface area contributed by atoms with Crippen LogP contribution in [-0.2, 0) is 9.53 Å². The van der Waals surface area contributed by atoms with Gasteiger partial charge in [-0.2, -0.15) is 0 Å². The van der Waals surface area contributed by atoms with Gasteiger partial charge in [0.25, 0.3) is 0 Å². The van der Waals surface area contributed by atoms with Crippen LogP contribution in [0.4, 0.5) is 5.69 Å². The normalized spacial score (nSPS) is 10.4. The highest BCUT2D eigenvalue weighted by Crippen LogP contribution is 2.16. The number of aliphatic carboxylic acids is 1. The molecule has 0 heterocycles. The van der Waals surface area contributed by atoms with Crippen molar-refractivity contribution in [2.24, 2.45) is 0 Å². The summed E-state index contributed by atoms with van der Waals surface area (Å²) < 4.78 is 4.83. The van der Waals surface area contributed by atoms with Gasteiger partial charge in [0, 0.05) is 11.8 Å². The van der Waals surface area contributed by atoms with Crippen LogP contribution in [0, 0.1) is 0 Å². The van der Waals surface area contributed by atoms with Gasteiger partial charge in [-0.3, -0.25) is 0 Å². The van der Waals surface area contributed by atoms with E-state index in [0.717, 1.165) is 6.08 Å². The van der Waals surface area contributed by atoms with E-state index in [1.165, 1.54) is 24.3 Å². The van der Waals surface area contributed by atoms with Gasteiger partial charge in [0.2, 0.25) is 0 Å². The van der Waals surface area contributed by atoms with Crippen molar-refractivity contribution in [2.45, 2.75) is 6.92 Å². The number of carboxylic acid groups (broad SMARTS) is 1. The van der Waals surface area contributed by atoms with E-state index in [1.807, 2.05) is 0 Å². The van der Waals surface area contributed by atoms with Crippen LogP contribution in [0.3, 0.4) is 0 Å². The fourth-order valence-corrected chi connectivity index (χ4v) is 1.22. The zero-order valence-corrected chi connectivity index (χ0v) is 9.34. The van der Waals surface area contributed by atoms with Crippen LogP contribution in [0.5, 0.6) is 0 Å². The zero-order chi connectivity index (χ0) is 12.8. The van der Waals surface area contributed by atoms with Crippen molar-refractivity contribution in [1.82, 2.24) is 0 Å². The zero-order valence-electron chi connectivity index (χ0n) is 9.34. The summed E-state index contributed by atoms with van der Waals surface area (Å²) in [6, 6.07) is 4.56. The minimum Gasteiger partial charge on any atom is -0.478 e. The Morgan fingerprint density at radius 1 is 1.47 bits per heavy atom. The average molecular weight is 235 g/mol.